The van der Waals surface area contributed by atoms with E-state index in [4.69, 9.17) is 27.9 Å². The Morgan fingerprint density at radius 2 is 1.68 bits per heavy atom. The zero-order valence-corrected chi connectivity index (χ0v) is 22.2. The monoisotopic (exact) mass is 541 g/mol. The normalized spacial score (nSPS) is 18.2. The summed E-state index contributed by atoms with van der Waals surface area (Å²) in [6.45, 7) is 6.13. The van der Waals surface area contributed by atoms with E-state index in [9.17, 15) is 9.59 Å². The molecule has 2 aliphatic rings. The molecule has 10 heteroatoms. The molecule has 0 aliphatic carbocycles. The maximum atomic E-state index is 13.5. The Bertz CT molecular complexity index is 1310. The van der Waals surface area contributed by atoms with Crippen LogP contribution in [-0.2, 0) is 9.53 Å². The number of carbonyl (C=O) groups is 2. The number of fused-ring (bicyclic) bond motifs is 1. The summed E-state index contributed by atoms with van der Waals surface area (Å²) in [4.78, 5) is 32.0. The topological polar surface area (TPSA) is 78.9 Å². The minimum atomic E-state index is -0.303. The minimum Gasteiger partial charge on any atom is -0.466 e. The first kappa shape index (κ1) is 25.5. The van der Waals surface area contributed by atoms with Crippen molar-refractivity contribution in [3.05, 3.63) is 58.2 Å². The lowest BCUT2D eigenvalue weighted by Gasteiger charge is -2.37. The van der Waals surface area contributed by atoms with E-state index < -0.39 is 0 Å². The number of nitrogens with zero attached hydrogens (tertiary/aromatic N) is 5. The molecule has 0 spiro atoms. The molecule has 0 radical (unpaired) electrons. The predicted octanol–water partition coefficient (Wildman–Crippen LogP) is 4.68. The van der Waals surface area contributed by atoms with Gasteiger partial charge >= 0.3 is 5.97 Å². The van der Waals surface area contributed by atoms with Crippen LogP contribution in [-0.4, -0.2) is 72.8 Å². The van der Waals surface area contributed by atoms with Crippen LogP contribution in [0.3, 0.4) is 0 Å². The van der Waals surface area contributed by atoms with Crippen molar-refractivity contribution in [1.29, 1.82) is 0 Å². The number of benzene rings is 2. The number of hydrogen-bond donors (Lipinski definition) is 0. The molecule has 8 nitrogen and oxygen atoms in total. The molecule has 1 aromatic heterocycles. The molecule has 1 atom stereocenters. The molecule has 1 unspecified atom stereocenters. The van der Waals surface area contributed by atoms with Crippen LogP contribution in [0, 0.1) is 5.92 Å². The number of amides is 1. The van der Waals surface area contributed by atoms with Crippen LogP contribution < -0.4 is 9.80 Å². The van der Waals surface area contributed by atoms with E-state index >= 15 is 0 Å². The quantitative estimate of drug-likeness (QED) is 0.434. The average molecular weight is 542 g/mol. The van der Waals surface area contributed by atoms with E-state index in [1.165, 1.54) is 0 Å². The van der Waals surface area contributed by atoms with Crippen LogP contribution in [0.2, 0.25) is 10.0 Å². The van der Waals surface area contributed by atoms with Crippen LogP contribution in [0.25, 0.3) is 10.8 Å². The number of piperidine rings is 1. The highest BCUT2D eigenvalue weighted by molar-refractivity contribution is 6.42. The number of esters is 1. The van der Waals surface area contributed by atoms with E-state index in [-0.39, 0.29) is 17.8 Å². The number of hydrogen-bond acceptors (Lipinski definition) is 7. The van der Waals surface area contributed by atoms with E-state index in [1.54, 1.807) is 11.8 Å². The van der Waals surface area contributed by atoms with Gasteiger partial charge in [0, 0.05) is 55.7 Å². The van der Waals surface area contributed by atoms with Gasteiger partial charge in [0.15, 0.2) is 11.5 Å². The Kier molecular flexibility index (Phi) is 7.67. The maximum absolute atomic E-state index is 13.5. The Balaban J connectivity index is 1.35. The second-order valence-electron chi connectivity index (χ2n) is 9.33. The summed E-state index contributed by atoms with van der Waals surface area (Å²) in [5.74, 6) is 0.0203. The number of halogens is 2. The summed E-state index contributed by atoms with van der Waals surface area (Å²) >= 11 is 12.3. The first-order chi connectivity index (χ1) is 18.0. The van der Waals surface area contributed by atoms with Crippen molar-refractivity contribution < 1.29 is 14.3 Å². The summed E-state index contributed by atoms with van der Waals surface area (Å²) in [6, 6.07) is 13.4. The van der Waals surface area contributed by atoms with Gasteiger partial charge in [-0.15, -0.1) is 10.2 Å². The van der Waals surface area contributed by atoms with Crippen LogP contribution >= 0.6 is 23.2 Å². The van der Waals surface area contributed by atoms with Crippen LogP contribution in [0.4, 0.5) is 11.5 Å². The molecule has 1 amide bonds. The van der Waals surface area contributed by atoms with Crippen molar-refractivity contribution in [3.8, 4) is 0 Å². The van der Waals surface area contributed by atoms with Gasteiger partial charge in [-0.25, -0.2) is 0 Å². The lowest BCUT2D eigenvalue weighted by molar-refractivity contribution is -0.149. The fraction of sp³-hybridized carbons (Fsp3) is 0.407. The van der Waals surface area contributed by atoms with Gasteiger partial charge in [0.1, 0.15) is 0 Å². The molecule has 3 aromatic rings. The summed E-state index contributed by atoms with van der Waals surface area (Å²) in [5, 5.41) is 11.7. The third-order valence-corrected chi connectivity index (χ3v) is 7.79. The SMILES string of the molecule is CCOC(=O)C1CCCN(C(=O)c2nnc(N3CCN(c4ccc(Cl)c(Cl)c4)CC3)c3ccccc23)C1. The van der Waals surface area contributed by atoms with Crippen molar-refractivity contribution in [3.63, 3.8) is 0 Å². The zero-order chi connectivity index (χ0) is 25.9. The first-order valence-electron chi connectivity index (χ1n) is 12.6. The average Bonchev–Trinajstić information content (AvgIpc) is 2.94. The molecule has 37 heavy (non-hydrogen) atoms. The van der Waals surface area contributed by atoms with Crippen LogP contribution in [0.15, 0.2) is 42.5 Å². The number of aromatic nitrogens is 2. The molecule has 5 rings (SSSR count). The molecule has 3 heterocycles. The standard InChI is InChI=1S/C27H29Cl2N5O3/c1-2-37-27(36)18-6-5-11-34(17-18)26(35)24-20-7-3-4-8-21(20)25(31-30-24)33-14-12-32(13-15-33)19-9-10-22(28)23(29)16-19/h3-4,7-10,16,18H,2,5-6,11-15,17H2,1H3. The van der Waals surface area contributed by atoms with E-state index in [0.717, 1.165) is 61.3 Å². The number of likely N-dealkylation sites (tertiary alicyclic amines) is 1. The van der Waals surface area contributed by atoms with Crippen LogP contribution in [0.5, 0.6) is 0 Å². The van der Waals surface area contributed by atoms with E-state index in [0.29, 0.717) is 35.4 Å². The minimum absolute atomic E-state index is 0.200. The highest BCUT2D eigenvalue weighted by Crippen LogP contribution is 2.31. The molecule has 2 aromatic carbocycles. The van der Waals surface area contributed by atoms with E-state index in [2.05, 4.69) is 20.0 Å². The Morgan fingerprint density at radius 3 is 2.41 bits per heavy atom. The zero-order valence-electron chi connectivity index (χ0n) is 20.7. The summed E-state index contributed by atoms with van der Waals surface area (Å²) in [6.07, 6.45) is 1.48. The summed E-state index contributed by atoms with van der Waals surface area (Å²) in [5.41, 5.74) is 1.35. The van der Waals surface area contributed by atoms with Crippen molar-refractivity contribution >= 4 is 57.4 Å². The van der Waals surface area contributed by atoms with Gasteiger partial charge in [-0.2, -0.15) is 0 Å². The number of piperazine rings is 1. The van der Waals surface area contributed by atoms with Crippen LogP contribution in [0.1, 0.15) is 30.3 Å². The smallest absolute Gasteiger partial charge is 0.310 e. The highest BCUT2D eigenvalue weighted by Gasteiger charge is 2.32. The van der Waals surface area contributed by atoms with E-state index in [1.807, 2.05) is 42.5 Å². The molecule has 194 valence electrons. The van der Waals surface area contributed by atoms with Gasteiger partial charge in [-0.05, 0) is 38.0 Å². The molecule has 0 bridgehead atoms. The highest BCUT2D eigenvalue weighted by atomic mass is 35.5. The van der Waals surface area contributed by atoms with Gasteiger partial charge in [0.05, 0.1) is 22.6 Å². The second-order valence-corrected chi connectivity index (χ2v) is 10.1. The third kappa shape index (κ3) is 5.31. The lowest BCUT2D eigenvalue weighted by atomic mass is 9.97. The second kappa shape index (κ2) is 11.1. The third-order valence-electron chi connectivity index (χ3n) is 7.05. The molecule has 0 saturated carbocycles. The number of anilines is 2. The maximum Gasteiger partial charge on any atom is 0.310 e. The number of carbonyl (C=O) groups excluding carboxylic acids is 2. The number of rotatable bonds is 5. The fourth-order valence-corrected chi connectivity index (χ4v) is 5.40. The molecule has 2 fully saturated rings. The summed E-state index contributed by atoms with van der Waals surface area (Å²) in [7, 11) is 0. The molecule has 2 aliphatic heterocycles. The Hall–Kier alpha value is -3.10. The van der Waals surface area contributed by atoms with Crippen molar-refractivity contribution in [2.24, 2.45) is 5.92 Å². The van der Waals surface area contributed by atoms with Gasteiger partial charge in [-0.1, -0.05) is 47.5 Å². The fourth-order valence-electron chi connectivity index (χ4n) is 5.10. The van der Waals surface area contributed by atoms with Gasteiger partial charge in [-0.3, -0.25) is 9.59 Å². The van der Waals surface area contributed by atoms with Gasteiger partial charge in [0.25, 0.3) is 5.91 Å². The summed E-state index contributed by atoms with van der Waals surface area (Å²) < 4.78 is 5.19. The van der Waals surface area contributed by atoms with Crippen molar-refractivity contribution in [2.45, 2.75) is 19.8 Å². The first-order valence-corrected chi connectivity index (χ1v) is 13.4. The van der Waals surface area contributed by atoms with Gasteiger partial charge < -0.3 is 19.4 Å². The largest absolute Gasteiger partial charge is 0.466 e. The predicted molar refractivity (Wildman–Crippen MR) is 146 cm³/mol. The Morgan fingerprint density at radius 1 is 0.946 bits per heavy atom. The molecule has 0 N–H and O–H groups in total. The molecular weight excluding hydrogens is 513 g/mol. The Labute approximate surface area is 226 Å². The van der Waals surface area contributed by atoms with Crippen molar-refractivity contribution in [1.82, 2.24) is 15.1 Å². The molecule has 2 saturated heterocycles. The lowest BCUT2D eigenvalue weighted by Crippen LogP contribution is -2.47. The number of ether oxygens (including phenoxy) is 1. The van der Waals surface area contributed by atoms with Crippen molar-refractivity contribution in [2.75, 3.05) is 55.7 Å². The van der Waals surface area contributed by atoms with Gasteiger partial charge in [0.2, 0.25) is 0 Å². The molecular formula is C27H29Cl2N5O3.